The van der Waals surface area contributed by atoms with Crippen molar-refractivity contribution in [3.63, 3.8) is 0 Å². The fourth-order valence-electron chi connectivity index (χ4n) is 4.03. The first-order valence-electron chi connectivity index (χ1n) is 9.45. The first-order valence-corrected chi connectivity index (χ1v) is 9.45. The molecule has 5 rings (SSSR count). The molecule has 3 nitrogen and oxygen atoms in total. The van der Waals surface area contributed by atoms with Crippen LogP contribution in [-0.4, -0.2) is 10.7 Å². The van der Waals surface area contributed by atoms with E-state index in [9.17, 15) is 17.6 Å². The second-order valence-electron chi connectivity index (χ2n) is 7.25. The van der Waals surface area contributed by atoms with Crippen molar-refractivity contribution in [3.05, 3.63) is 101 Å². The van der Waals surface area contributed by atoms with Gasteiger partial charge < -0.3 is 4.74 Å². The van der Waals surface area contributed by atoms with Crippen LogP contribution in [0.15, 0.2) is 77.9 Å². The number of alkyl halides is 3. The highest BCUT2D eigenvalue weighted by Gasteiger charge is 2.44. The lowest BCUT2D eigenvalue weighted by Crippen LogP contribution is -2.35. The highest BCUT2D eigenvalue weighted by molar-refractivity contribution is 6.01. The van der Waals surface area contributed by atoms with Gasteiger partial charge in [-0.05, 0) is 29.8 Å². The van der Waals surface area contributed by atoms with Crippen LogP contribution >= 0.6 is 0 Å². The minimum atomic E-state index is -4.52. The zero-order valence-electron chi connectivity index (χ0n) is 15.6. The fraction of sp³-hybridized carbons (Fsp3) is 0.174. The molecule has 3 aromatic carbocycles. The quantitative estimate of drug-likeness (QED) is 0.476. The summed E-state index contributed by atoms with van der Waals surface area (Å²) < 4.78 is 60.4. The molecule has 152 valence electrons. The van der Waals surface area contributed by atoms with Crippen molar-refractivity contribution < 1.29 is 22.3 Å². The van der Waals surface area contributed by atoms with Crippen molar-refractivity contribution in [2.24, 2.45) is 5.10 Å². The van der Waals surface area contributed by atoms with E-state index in [4.69, 9.17) is 4.74 Å². The zero-order chi connectivity index (χ0) is 20.9. The lowest BCUT2D eigenvalue weighted by Gasteiger charge is -2.38. The Kier molecular flexibility index (Phi) is 4.27. The molecule has 3 aromatic rings. The second kappa shape index (κ2) is 6.86. The fourth-order valence-corrected chi connectivity index (χ4v) is 4.03. The lowest BCUT2D eigenvalue weighted by molar-refractivity contribution is -0.140. The van der Waals surface area contributed by atoms with Gasteiger partial charge in [-0.2, -0.15) is 18.3 Å². The van der Waals surface area contributed by atoms with Gasteiger partial charge in [0, 0.05) is 17.5 Å². The van der Waals surface area contributed by atoms with Gasteiger partial charge in [0.15, 0.2) is 0 Å². The molecule has 2 aliphatic heterocycles. The van der Waals surface area contributed by atoms with E-state index in [-0.39, 0.29) is 17.4 Å². The van der Waals surface area contributed by atoms with E-state index in [1.54, 1.807) is 35.3 Å². The van der Waals surface area contributed by atoms with Crippen LogP contribution in [-0.2, 0) is 6.18 Å². The molecule has 0 aliphatic carbocycles. The summed E-state index contributed by atoms with van der Waals surface area (Å²) in [6, 6.07) is 18.3. The van der Waals surface area contributed by atoms with Crippen LogP contribution in [0.1, 0.15) is 40.9 Å². The predicted octanol–water partition coefficient (Wildman–Crippen LogP) is 6.09. The average Bonchev–Trinajstić information content (AvgIpc) is 3.19. The van der Waals surface area contributed by atoms with Gasteiger partial charge >= 0.3 is 6.18 Å². The minimum absolute atomic E-state index is 0.00797. The molecule has 2 heterocycles. The van der Waals surface area contributed by atoms with Crippen molar-refractivity contribution >= 4 is 5.71 Å². The van der Waals surface area contributed by atoms with Gasteiger partial charge in [-0.1, -0.05) is 48.5 Å². The molecule has 0 unspecified atom stereocenters. The van der Waals surface area contributed by atoms with Gasteiger partial charge in [-0.15, -0.1) is 0 Å². The normalized spacial score (nSPS) is 20.3. The molecular formula is C23H16F4N2O. The third-order valence-corrected chi connectivity index (χ3v) is 5.41. The topological polar surface area (TPSA) is 24.8 Å². The van der Waals surface area contributed by atoms with Crippen LogP contribution in [0.4, 0.5) is 17.6 Å². The molecular weight excluding hydrogens is 396 g/mol. The molecule has 0 bridgehead atoms. The summed E-state index contributed by atoms with van der Waals surface area (Å²) in [5.41, 5.74) is 1.52. The molecule has 0 radical (unpaired) electrons. The number of rotatable bonds is 2. The van der Waals surface area contributed by atoms with Crippen LogP contribution in [0.2, 0.25) is 0 Å². The van der Waals surface area contributed by atoms with Crippen LogP contribution < -0.4 is 4.74 Å². The van der Waals surface area contributed by atoms with Crippen molar-refractivity contribution in [3.8, 4) is 5.75 Å². The molecule has 0 fully saturated rings. The number of hydrazone groups is 1. The SMILES string of the molecule is Fc1ccc(C2=NN3[C@@H](C2)c2ccccc2O[C@H]3c2ccccc2C(F)(F)F)cc1. The summed E-state index contributed by atoms with van der Waals surface area (Å²) in [4.78, 5) is 0. The number of para-hydroxylation sites is 1. The summed E-state index contributed by atoms with van der Waals surface area (Å²) >= 11 is 0. The zero-order valence-corrected chi connectivity index (χ0v) is 15.6. The van der Waals surface area contributed by atoms with Crippen LogP contribution in [0, 0.1) is 5.82 Å². The summed E-state index contributed by atoms with van der Waals surface area (Å²) in [5, 5.41) is 6.21. The molecule has 7 heteroatoms. The Morgan fingerprint density at radius 2 is 1.53 bits per heavy atom. The van der Waals surface area contributed by atoms with Crippen LogP contribution in [0.5, 0.6) is 5.75 Å². The van der Waals surface area contributed by atoms with E-state index < -0.39 is 18.0 Å². The largest absolute Gasteiger partial charge is 0.464 e. The molecule has 0 saturated heterocycles. The van der Waals surface area contributed by atoms with Gasteiger partial charge in [0.2, 0.25) is 6.23 Å². The van der Waals surface area contributed by atoms with Crippen molar-refractivity contribution in [1.29, 1.82) is 0 Å². The summed E-state index contributed by atoms with van der Waals surface area (Å²) in [6.07, 6.45) is -5.06. The van der Waals surface area contributed by atoms with E-state index in [0.717, 1.165) is 17.2 Å². The molecule has 0 saturated carbocycles. The smallest absolute Gasteiger partial charge is 0.416 e. The first kappa shape index (κ1) is 18.7. The number of ether oxygens (including phenoxy) is 1. The highest BCUT2D eigenvalue weighted by Crippen LogP contribution is 2.49. The number of halogens is 4. The molecule has 0 spiro atoms. The Morgan fingerprint density at radius 1 is 0.867 bits per heavy atom. The van der Waals surface area contributed by atoms with Gasteiger partial charge in [-0.3, -0.25) is 0 Å². The highest BCUT2D eigenvalue weighted by atomic mass is 19.4. The number of nitrogens with zero attached hydrogens (tertiary/aromatic N) is 2. The summed E-state index contributed by atoms with van der Waals surface area (Å²) in [7, 11) is 0. The average molecular weight is 412 g/mol. The maximum Gasteiger partial charge on any atom is 0.416 e. The van der Waals surface area contributed by atoms with Crippen molar-refractivity contribution in [1.82, 2.24) is 5.01 Å². The monoisotopic (exact) mass is 412 g/mol. The standard InChI is InChI=1S/C23H16F4N2O/c24-15-11-9-14(10-12-15)19-13-20-17-6-2-4-8-21(17)30-22(29(20)28-19)16-5-1-3-7-18(16)23(25,26)27/h1-12,20,22H,13H2/t20-,22-/m0/s1. The van der Waals surface area contributed by atoms with E-state index in [1.165, 1.54) is 24.3 Å². The Hall–Kier alpha value is -3.35. The molecule has 0 amide bonds. The number of hydrogen-bond acceptors (Lipinski definition) is 3. The van der Waals surface area contributed by atoms with Crippen LogP contribution in [0.25, 0.3) is 0 Å². The minimum Gasteiger partial charge on any atom is -0.464 e. The van der Waals surface area contributed by atoms with E-state index in [1.807, 2.05) is 12.1 Å². The van der Waals surface area contributed by atoms with Gasteiger partial charge in [-0.25, -0.2) is 9.40 Å². The molecule has 2 aliphatic rings. The van der Waals surface area contributed by atoms with Gasteiger partial charge in [0.05, 0.1) is 17.3 Å². The third kappa shape index (κ3) is 3.10. The Bertz CT molecular complexity index is 1120. The third-order valence-electron chi connectivity index (χ3n) is 5.41. The summed E-state index contributed by atoms with van der Waals surface area (Å²) in [5.74, 6) is 0.178. The first-order chi connectivity index (χ1) is 14.4. The van der Waals surface area contributed by atoms with Gasteiger partial charge in [0.1, 0.15) is 11.6 Å². The predicted molar refractivity (Wildman–Crippen MR) is 103 cm³/mol. The Balaban J connectivity index is 1.63. The molecule has 0 aromatic heterocycles. The van der Waals surface area contributed by atoms with E-state index >= 15 is 0 Å². The maximum absolute atomic E-state index is 13.7. The Morgan fingerprint density at radius 3 is 2.27 bits per heavy atom. The molecule has 30 heavy (non-hydrogen) atoms. The van der Waals surface area contributed by atoms with Crippen molar-refractivity contribution in [2.75, 3.05) is 0 Å². The van der Waals surface area contributed by atoms with E-state index in [0.29, 0.717) is 17.9 Å². The second-order valence-corrected chi connectivity index (χ2v) is 7.25. The van der Waals surface area contributed by atoms with Crippen LogP contribution in [0.3, 0.4) is 0 Å². The van der Waals surface area contributed by atoms with Crippen molar-refractivity contribution in [2.45, 2.75) is 24.9 Å². The maximum atomic E-state index is 13.7. The molecule has 0 N–H and O–H groups in total. The summed E-state index contributed by atoms with van der Waals surface area (Å²) in [6.45, 7) is 0. The number of benzene rings is 3. The number of hydrogen-bond donors (Lipinski definition) is 0. The van der Waals surface area contributed by atoms with E-state index in [2.05, 4.69) is 5.10 Å². The number of fused-ring (bicyclic) bond motifs is 3. The Labute approximate surface area is 170 Å². The molecule has 2 atom stereocenters. The lowest BCUT2D eigenvalue weighted by atomic mass is 9.95. The van der Waals surface area contributed by atoms with Gasteiger partial charge in [0.25, 0.3) is 0 Å².